The van der Waals surface area contributed by atoms with Gasteiger partial charge in [0.05, 0.1) is 6.10 Å². The molecule has 1 aliphatic carbocycles. The topological polar surface area (TPSA) is 64.3 Å². The summed E-state index contributed by atoms with van der Waals surface area (Å²) in [5.74, 6) is -0.101. The van der Waals surface area contributed by atoms with Crippen LogP contribution in [0.4, 0.5) is 5.69 Å². The smallest absolute Gasteiger partial charge is 0.253 e. The lowest BCUT2D eigenvalue weighted by Crippen LogP contribution is -2.34. The number of carbonyl (C=O) groups is 1. The molecule has 1 aromatic rings. The zero-order valence-corrected chi connectivity index (χ0v) is 10.7. The van der Waals surface area contributed by atoms with Crippen LogP contribution in [0.3, 0.4) is 0 Å². The fourth-order valence-electron chi connectivity index (χ4n) is 1.88. The highest BCUT2D eigenvalue weighted by Gasteiger charge is 2.23. The molecule has 1 fully saturated rings. The molecule has 0 spiro atoms. The van der Waals surface area contributed by atoms with Crippen molar-refractivity contribution < 1.29 is 9.53 Å². The molecule has 1 atom stereocenters. The molecule has 2 rings (SSSR count). The lowest BCUT2D eigenvalue weighted by Gasteiger charge is -2.28. The summed E-state index contributed by atoms with van der Waals surface area (Å²) in [6, 6.07) is 7.56. The third-order valence-corrected chi connectivity index (χ3v) is 3.25. The quantitative estimate of drug-likeness (QED) is 0.838. The molecule has 1 amide bonds. The molecule has 4 heteroatoms. The molecule has 0 saturated heterocycles. The van der Waals surface area contributed by atoms with Crippen molar-refractivity contribution in [3.8, 4) is 0 Å². The summed E-state index contributed by atoms with van der Waals surface area (Å²) < 4.78 is 5.64. The average molecular weight is 248 g/mol. The summed E-state index contributed by atoms with van der Waals surface area (Å²) in [6.07, 6.45) is 3.20. The highest BCUT2D eigenvalue weighted by Crippen LogP contribution is 2.23. The maximum atomic E-state index is 11.9. The first-order chi connectivity index (χ1) is 8.69. The molecule has 1 unspecified atom stereocenters. The van der Waals surface area contributed by atoms with E-state index in [2.05, 4.69) is 5.32 Å². The summed E-state index contributed by atoms with van der Waals surface area (Å²) in [5, 5.41) is 2.85. The zero-order valence-electron chi connectivity index (χ0n) is 10.7. The van der Waals surface area contributed by atoms with Crippen LogP contribution in [-0.4, -0.2) is 18.1 Å². The van der Waals surface area contributed by atoms with E-state index in [0.29, 0.717) is 6.54 Å². The van der Waals surface area contributed by atoms with Crippen molar-refractivity contribution in [2.45, 2.75) is 44.9 Å². The van der Waals surface area contributed by atoms with E-state index in [4.69, 9.17) is 10.5 Å². The van der Waals surface area contributed by atoms with Gasteiger partial charge in [-0.15, -0.1) is 0 Å². The molecular formula is C14H20N2O2. The van der Waals surface area contributed by atoms with Crippen LogP contribution in [0.15, 0.2) is 24.3 Å². The lowest BCUT2D eigenvalue weighted by atomic mass is 9.96. The molecule has 0 aromatic heterocycles. The Balaban J connectivity index is 1.88. The van der Waals surface area contributed by atoms with E-state index >= 15 is 0 Å². The fourth-order valence-corrected chi connectivity index (χ4v) is 1.88. The number of hydrogen-bond acceptors (Lipinski definition) is 3. The van der Waals surface area contributed by atoms with E-state index in [1.54, 1.807) is 6.92 Å². The minimum Gasteiger partial charge on any atom is -0.365 e. The lowest BCUT2D eigenvalue weighted by molar-refractivity contribution is -0.133. The Bertz CT molecular complexity index is 416. The van der Waals surface area contributed by atoms with Crippen molar-refractivity contribution in [1.82, 2.24) is 0 Å². The van der Waals surface area contributed by atoms with Gasteiger partial charge in [-0.2, -0.15) is 0 Å². The fraction of sp³-hybridized carbons (Fsp3) is 0.500. The van der Waals surface area contributed by atoms with Gasteiger partial charge >= 0.3 is 0 Å². The van der Waals surface area contributed by atoms with Gasteiger partial charge in [0.15, 0.2) is 0 Å². The monoisotopic (exact) mass is 248 g/mol. The number of benzene rings is 1. The van der Waals surface area contributed by atoms with Gasteiger partial charge in [-0.3, -0.25) is 4.79 Å². The molecule has 0 radical (unpaired) electrons. The number of nitrogens with one attached hydrogen (secondary N) is 1. The second-order valence-corrected chi connectivity index (χ2v) is 4.72. The first-order valence-electron chi connectivity index (χ1n) is 6.44. The molecule has 1 saturated carbocycles. The van der Waals surface area contributed by atoms with Crippen molar-refractivity contribution >= 4 is 11.6 Å². The average Bonchev–Trinajstić information content (AvgIpc) is 2.33. The van der Waals surface area contributed by atoms with Gasteiger partial charge in [-0.25, -0.2) is 0 Å². The van der Waals surface area contributed by atoms with Crippen LogP contribution in [0.5, 0.6) is 0 Å². The Kier molecular flexibility index (Phi) is 4.33. The van der Waals surface area contributed by atoms with Gasteiger partial charge in [0, 0.05) is 12.2 Å². The number of nitrogens with two attached hydrogens (primary N) is 1. The van der Waals surface area contributed by atoms with Gasteiger partial charge in [0.25, 0.3) is 5.91 Å². The molecule has 18 heavy (non-hydrogen) atoms. The number of carbonyl (C=O) groups excluding carboxylic acids is 1. The van der Waals surface area contributed by atoms with Crippen LogP contribution in [0.2, 0.25) is 0 Å². The summed E-state index contributed by atoms with van der Waals surface area (Å²) >= 11 is 0. The van der Waals surface area contributed by atoms with Crippen LogP contribution >= 0.6 is 0 Å². The number of anilines is 1. The second-order valence-electron chi connectivity index (χ2n) is 4.72. The van der Waals surface area contributed by atoms with Crippen molar-refractivity contribution in [1.29, 1.82) is 0 Å². The van der Waals surface area contributed by atoms with Crippen LogP contribution in [-0.2, 0) is 16.1 Å². The predicted molar refractivity (Wildman–Crippen MR) is 71.1 cm³/mol. The Labute approximate surface area is 108 Å². The highest BCUT2D eigenvalue weighted by atomic mass is 16.5. The second kappa shape index (κ2) is 5.98. The molecule has 0 aliphatic heterocycles. The number of amides is 1. The largest absolute Gasteiger partial charge is 0.365 e. The van der Waals surface area contributed by atoms with Crippen LogP contribution in [0, 0.1) is 0 Å². The van der Waals surface area contributed by atoms with Crippen LogP contribution < -0.4 is 11.1 Å². The van der Waals surface area contributed by atoms with Crippen molar-refractivity contribution in [2.75, 3.05) is 5.32 Å². The Morgan fingerprint density at radius 2 is 2.33 bits per heavy atom. The van der Waals surface area contributed by atoms with E-state index < -0.39 is 6.10 Å². The third-order valence-electron chi connectivity index (χ3n) is 3.25. The zero-order chi connectivity index (χ0) is 13.0. The predicted octanol–water partition coefficient (Wildman–Crippen LogP) is 2.04. The summed E-state index contributed by atoms with van der Waals surface area (Å²) in [5.41, 5.74) is 7.33. The van der Waals surface area contributed by atoms with E-state index in [9.17, 15) is 4.79 Å². The maximum Gasteiger partial charge on any atom is 0.253 e. The van der Waals surface area contributed by atoms with Crippen molar-refractivity contribution in [3.63, 3.8) is 0 Å². The molecule has 98 valence electrons. The van der Waals surface area contributed by atoms with Gasteiger partial charge < -0.3 is 15.8 Å². The maximum absolute atomic E-state index is 11.9. The van der Waals surface area contributed by atoms with E-state index in [-0.39, 0.29) is 12.0 Å². The van der Waals surface area contributed by atoms with Gasteiger partial charge in [-0.05, 0) is 43.9 Å². The number of rotatable bonds is 5. The van der Waals surface area contributed by atoms with Crippen LogP contribution in [0.25, 0.3) is 0 Å². The van der Waals surface area contributed by atoms with Gasteiger partial charge in [-0.1, -0.05) is 12.1 Å². The standard InChI is InChI=1S/C14H20N2O2/c1-10(18-13-6-3-7-13)14(17)16-12-5-2-4-11(8-12)9-15/h2,4-5,8,10,13H,3,6-7,9,15H2,1H3,(H,16,17). The molecule has 1 aromatic carbocycles. The molecule has 0 heterocycles. The molecule has 4 nitrogen and oxygen atoms in total. The summed E-state index contributed by atoms with van der Waals surface area (Å²) in [4.78, 5) is 11.9. The minimum atomic E-state index is -0.406. The van der Waals surface area contributed by atoms with Gasteiger partial charge in [0.1, 0.15) is 6.10 Å². The molecule has 1 aliphatic rings. The number of ether oxygens (including phenoxy) is 1. The van der Waals surface area contributed by atoms with E-state index in [1.165, 1.54) is 6.42 Å². The SMILES string of the molecule is CC(OC1CCC1)C(=O)Nc1cccc(CN)c1. The summed E-state index contributed by atoms with van der Waals surface area (Å²) in [7, 11) is 0. The molecular weight excluding hydrogens is 228 g/mol. The molecule has 3 N–H and O–H groups in total. The highest BCUT2D eigenvalue weighted by molar-refractivity contribution is 5.93. The Morgan fingerprint density at radius 3 is 2.94 bits per heavy atom. The van der Waals surface area contributed by atoms with E-state index in [0.717, 1.165) is 24.1 Å². The van der Waals surface area contributed by atoms with Crippen molar-refractivity contribution in [3.05, 3.63) is 29.8 Å². The first-order valence-corrected chi connectivity index (χ1v) is 6.44. The Morgan fingerprint density at radius 1 is 1.56 bits per heavy atom. The summed E-state index contributed by atoms with van der Waals surface area (Å²) in [6.45, 7) is 2.26. The number of hydrogen-bond donors (Lipinski definition) is 2. The van der Waals surface area contributed by atoms with Crippen molar-refractivity contribution in [2.24, 2.45) is 5.73 Å². The molecule has 0 bridgehead atoms. The third kappa shape index (κ3) is 3.31. The van der Waals surface area contributed by atoms with Gasteiger partial charge in [0.2, 0.25) is 0 Å². The normalized spacial score (nSPS) is 17.0. The first kappa shape index (κ1) is 13.1. The van der Waals surface area contributed by atoms with Crippen LogP contribution in [0.1, 0.15) is 31.7 Å². The minimum absolute atomic E-state index is 0.101. The van der Waals surface area contributed by atoms with E-state index in [1.807, 2.05) is 24.3 Å². The Hall–Kier alpha value is -1.39.